The third-order valence-electron chi connectivity index (χ3n) is 1.94. The van der Waals surface area contributed by atoms with E-state index in [9.17, 15) is 0 Å². The fourth-order valence-electron chi connectivity index (χ4n) is 1.16. The topological polar surface area (TPSA) is 53.6 Å². The van der Waals surface area contributed by atoms with Crippen LogP contribution in [0, 0.1) is 22.7 Å². The molecule has 0 aromatic rings. The zero-order valence-corrected chi connectivity index (χ0v) is 6.62. The van der Waals surface area contributed by atoms with Gasteiger partial charge in [-0.05, 0) is 0 Å². The minimum atomic E-state index is 0.255. The number of rotatable bonds is 2. The molecular weight excluding hydrogens is 152 g/mol. The lowest BCUT2D eigenvalue weighted by Gasteiger charge is -2.09. The second-order valence-corrected chi connectivity index (χ2v) is 2.90. The Morgan fingerprint density at radius 1 is 0.917 bits per heavy atom. The van der Waals surface area contributed by atoms with Crippen LogP contribution in [0.4, 0.5) is 0 Å². The summed E-state index contributed by atoms with van der Waals surface area (Å²) in [5.41, 5.74) is 0.255. The first-order chi connectivity index (χ1) is 5.86. The van der Waals surface area contributed by atoms with E-state index in [4.69, 9.17) is 10.5 Å². The van der Waals surface area contributed by atoms with Crippen molar-refractivity contribution in [2.24, 2.45) is 0 Å². The lowest BCUT2D eigenvalue weighted by Crippen LogP contribution is -2.10. The van der Waals surface area contributed by atoms with Gasteiger partial charge in [0.1, 0.15) is 18.0 Å². The zero-order chi connectivity index (χ0) is 8.55. The van der Waals surface area contributed by atoms with E-state index in [0.717, 1.165) is 32.0 Å². The summed E-state index contributed by atoms with van der Waals surface area (Å²) in [7, 11) is 0. The highest BCUT2D eigenvalue weighted by atomic mass is 15.4. The Bertz CT molecular complexity index is 279. The van der Waals surface area contributed by atoms with E-state index in [1.54, 1.807) is 0 Å². The second-order valence-electron chi connectivity index (χ2n) is 2.90. The molecule has 0 aromatic heterocycles. The summed E-state index contributed by atoms with van der Waals surface area (Å²) in [5, 5.41) is 17.3. The smallest absolute Gasteiger partial charge is 0.169 e. The zero-order valence-electron chi connectivity index (χ0n) is 6.62. The molecular formula is C8H8N4. The Balaban J connectivity index is 2.29. The molecule has 0 saturated carbocycles. The van der Waals surface area contributed by atoms with Crippen molar-refractivity contribution in [2.75, 3.05) is 26.2 Å². The van der Waals surface area contributed by atoms with Gasteiger partial charge in [-0.2, -0.15) is 10.5 Å². The van der Waals surface area contributed by atoms with E-state index in [1.807, 2.05) is 12.1 Å². The van der Waals surface area contributed by atoms with Crippen LogP contribution in [-0.2, 0) is 0 Å². The van der Waals surface area contributed by atoms with Crippen LogP contribution >= 0.6 is 0 Å². The van der Waals surface area contributed by atoms with Crippen molar-refractivity contribution in [2.45, 2.75) is 0 Å². The molecule has 12 heavy (non-hydrogen) atoms. The second kappa shape index (κ2) is 2.42. The van der Waals surface area contributed by atoms with Crippen molar-refractivity contribution < 1.29 is 0 Å². The molecule has 0 unspecified atom stereocenters. The molecule has 0 amide bonds. The number of nitrogens with zero attached hydrogens (tertiary/aromatic N) is 4. The SMILES string of the molecule is N#CC(C#N)=C(N1CC1)N1CC1. The van der Waals surface area contributed by atoms with Gasteiger partial charge >= 0.3 is 0 Å². The molecule has 2 aliphatic rings. The highest BCUT2D eigenvalue weighted by Gasteiger charge is 2.33. The first-order valence-electron chi connectivity index (χ1n) is 3.91. The van der Waals surface area contributed by atoms with Gasteiger partial charge in [-0.25, -0.2) is 0 Å². The molecule has 2 heterocycles. The molecule has 2 aliphatic heterocycles. The van der Waals surface area contributed by atoms with Crippen molar-refractivity contribution in [3.05, 3.63) is 11.4 Å². The molecule has 0 bridgehead atoms. The summed E-state index contributed by atoms with van der Waals surface area (Å²) in [5.74, 6) is 0.847. The Hall–Kier alpha value is -1.68. The van der Waals surface area contributed by atoms with Crippen molar-refractivity contribution in [3.8, 4) is 12.1 Å². The number of nitriles is 2. The van der Waals surface area contributed by atoms with Gasteiger partial charge in [0, 0.05) is 26.2 Å². The summed E-state index contributed by atoms with van der Waals surface area (Å²) >= 11 is 0. The molecule has 0 atom stereocenters. The van der Waals surface area contributed by atoms with Gasteiger partial charge in [-0.15, -0.1) is 0 Å². The fourth-order valence-corrected chi connectivity index (χ4v) is 1.16. The molecule has 4 heteroatoms. The van der Waals surface area contributed by atoms with E-state index in [2.05, 4.69) is 9.80 Å². The first kappa shape index (κ1) is 7.00. The van der Waals surface area contributed by atoms with Gasteiger partial charge in [0.05, 0.1) is 0 Å². The normalized spacial score (nSPS) is 17.8. The van der Waals surface area contributed by atoms with Crippen LogP contribution in [0.1, 0.15) is 0 Å². The highest BCUT2D eigenvalue weighted by Crippen LogP contribution is 2.26. The monoisotopic (exact) mass is 160 g/mol. The standard InChI is InChI=1S/C8H8N4/c9-5-7(6-10)8(11-1-2-11)12-3-4-12/h1-4H2. The molecule has 2 saturated heterocycles. The van der Waals surface area contributed by atoms with Gasteiger partial charge < -0.3 is 9.80 Å². The molecule has 2 rings (SSSR count). The fraction of sp³-hybridized carbons (Fsp3) is 0.500. The summed E-state index contributed by atoms with van der Waals surface area (Å²) < 4.78 is 0. The van der Waals surface area contributed by atoms with Gasteiger partial charge in [0.2, 0.25) is 0 Å². The number of allylic oxidation sites excluding steroid dienone is 1. The van der Waals surface area contributed by atoms with Gasteiger partial charge in [-0.3, -0.25) is 0 Å². The molecule has 2 fully saturated rings. The minimum absolute atomic E-state index is 0.255. The lowest BCUT2D eigenvalue weighted by atomic mass is 10.3. The Morgan fingerprint density at radius 2 is 1.33 bits per heavy atom. The maximum Gasteiger partial charge on any atom is 0.169 e. The molecule has 0 spiro atoms. The third kappa shape index (κ3) is 1.08. The van der Waals surface area contributed by atoms with Gasteiger partial charge in [-0.1, -0.05) is 0 Å². The summed E-state index contributed by atoms with van der Waals surface area (Å²) in [6, 6.07) is 3.86. The van der Waals surface area contributed by atoms with E-state index < -0.39 is 0 Å². The van der Waals surface area contributed by atoms with Crippen LogP contribution in [0.15, 0.2) is 11.4 Å². The van der Waals surface area contributed by atoms with Crippen molar-refractivity contribution in [3.63, 3.8) is 0 Å². The predicted molar refractivity (Wildman–Crippen MR) is 41.4 cm³/mol. The maximum atomic E-state index is 8.67. The summed E-state index contributed by atoms with van der Waals surface area (Å²) in [6.07, 6.45) is 0. The van der Waals surface area contributed by atoms with Gasteiger partial charge in [0.15, 0.2) is 5.57 Å². The van der Waals surface area contributed by atoms with Crippen molar-refractivity contribution in [1.82, 2.24) is 9.80 Å². The quantitative estimate of drug-likeness (QED) is 0.417. The van der Waals surface area contributed by atoms with Crippen LogP contribution in [0.2, 0.25) is 0 Å². The maximum absolute atomic E-state index is 8.67. The molecule has 0 radical (unpaired) electrons. The van der Waals surface area contributed by atoms with Crippen LogP contribution in [0.3, 0.4) is 0 Å². The Morgan fingerprint density at radius 3 is 1.58 bits per heavy atom. The average molecular weight is 160 g/mol. The van der Waals surface area contributed by atoms with Crippen LogP contribution in [0.25, 0.3) is 0 Å². The van der Waals surface area contributed by atoms with Crippen molar-refractivity contribution in [1.29, 1.82) is 10.5 Å². The third-order valence-corrected chi connectivity index (χ3v) is 1.94. The minimum Gasteiger partial charge on any atom is -0.353 e. The van der Waals surface area contributed by atoms with Crippen molar-refractivity contribution >= 4 is 0 Å². The number of hydrogen-bond donors (Lipinski definition) is 0. The van der Waals surface area contributed by atoms with Crippen LogP contribution in [0.5, 0.6) is 0 Å². The van der Waals surface area contributed by atoms with E-state index in [0.29, 0.717) is 0 Å². The first-order valence-corrected chi connectivity index (χ1v) is 3.91. The average Bonchev–Trinajstić information content (AvgIpc) is 2.92. The van der Waals surface area contributed by atoms with Crippen LogP contribution in [-0.4, -0.2) is 36.0 Å². The summed E-state index contributed by atoms with van der Waals surface area (Å²) in [6.45, 7) is 3.94. The Labute approximate surface area is 70.9 Å². The highest BCUT2D eigenvalue weighted by molar-refractivity contribution is 5.41. The van der Waals surface area contributed by atoms with Gasteiger partial charge in [0.25, 0.3) is 0 Å². The lowest BCUT2D eigenvalue weighted by molar-refractivity contribution is 0.508. The molecule has 0 aromatic carbocycles. The predicted octanol–water partition coefficient (Wildman–Crippen LogP) is -0.124. The largest absolute Gasteiger partial charge is 0.353 e. The van der Waals surface area contributed by atoms with E-state index in [-0.39, 0.29) is 5.57 Å². The molecule has 60 valence electrons. The Kier molecular flexibility index (Phi) is 1.41. The molecule has 0 aliphatic carbocycles. The summed E-state index contributed by atoms with van der Waals surface area (Å²) in [4.78, 5) is 4.10. The number of hydrogen-bond acceptors (Lipinski definition) is 4. The van der Waals surface area contributed by atoms with E-state index in [1.165, 1.54) is 0 Å². The van der Waals surface area contributed by atoms with E-state index >= 15 is 0 Å². The van der Waals surface area contributed by atoms with Crippen LogP contribution < -0.4 is 0 Å². The molecule has 4 nitrogen and oxygen atoms in total. The molecule has 0 N–H and O–H groups in total.